The number of para-hydroxylation sites is 2. The van der Waals surface area contributed by atoms with Crippen molar-refractivity contribution >= 4 is 17.7 Å². The molecule has 3 heterocycles. The predicted octanol–water partition coefficient (Wildman–Crippen LogP) is 5.39. The summed E-state index contributed by atoms with van der Waals surface area (Å²) in [6, 6.07) is 19.4. The number of carbonyl (C=O) groups excluding carboxylic acids is 1. The van der Waals surface area contributed by atoms with Gasteiger partial charge in [-0.2, -0.15) is 5.10 Å². The van der Waals surface area contributed by atoms with Gasteiger partial charge in [-0.15, -0.1) is 0 Å². The van der Waals surface area contributed by atoms with Crippen molar-refractivity contribution in [2.24, 2.45) is 7.05 Å². The highest BCUT2D eigenvalue weighted by Crippen LogP contribution is 2.51. The van der Waals surface area contributed by atoms with Crippen LogP contribution in [0.2, 0.25) is 0 Å². The summed E-state index contributed by atoms with van der Waals surface area (Å²) in [5.74, 6) is 1.90. The summed E-state index contributed by atoms with van der Waals surface area (Å²) in [5, 5.41) is 15.2. The van der Waals surface area contributed by atoms with E-state index in [1.807, 2.05) is 55.5 Å². The fourth-order valence-electron chi connectivity index (χ4n) is 4.58. The maximum atomic E-state index is 13.3. The number of hydrogen-bond donors (Lipinski definition) is 1. The molecule has 0 spiro atoms. The maximum absolute atomic E-state index is 13.3. The second-order valence-corrected chi connectivity index (χ2v) is 9.72. The highest BCUT2D eigenvalue weighted by Gasteiger charge is 2.27. The molecule has 0 atom stereocenters. The Kier molecular flexibility index (Phi) is 5.18. The summed E-state index contributed by atoms with van der Waals surface area (Å²) in [7, 11) is 1.77. The van der Waals surface area contributed by atoms with E-state index in [0.717, 1.165) is 43.7 Å². The minimum atomic E-state index is -0.122. The number of aromatic hydroxyl groups is 1. The van der Waals surface area contributed by atoms with E-state index in [-0.39, 0.29) is 11.7 Å². The van der Waals surface area contributed by atoms with Gasteiger partial charge in [0, 0.05) is 24.7 Å². The molecule has 1 N–H and O–H groups in total. The molecule has 7 nitrogen and oxygen atoms in total. The third-order valence-corrected chi connectivity index (χ3v) is 7.29. The van der Waals surface area contributed by atoms with Gasteiger partial charge in [-0.05, 0) is 48.9 Å². The van der Waals surface area contributed by atoms with Crippen LogP contribution in [0, 0.1) is 6.92 Å². The molecule has 35 heavy (non-hydrogen) atoms. The van der Waals surface area contributed by atoms with Gasteiger partial charge in [0.2, 0.25) is 0 Å². The second-order valence-electron chi connectivity index (χ2n) is 8.64. The number of fused-ring (bicyclic) bond motifs is 3. The van der Waals surface area contributed by atoms with Gasteiger partial charge >= 0.3 is 0 Å². The van der Waals surface area contributed by atoms with E-state index in [0.29, 0.717) is 31.1 Å². The Morgan fingerprint density at radius 1 is 1.06 bits per heavy atom. The predicted molar refractivity (Wildman–Crippen MR) is 132 cm³/mol. The van der Waals surface area contributed by atoms with Crippen molar-refractivity contribution in [3.63, 3.8) is 0 Å². The van der Waals surface area contributed by atoms with Gasteiger partial charge in [-0.3, -0.25) is 9.48 Å². The molecule has 2 aliphatic rings. The number of amides is 1. The first-order chi connectivity index (χ1) is 17.0. The molecule has 0 bridgehead atoms. The van der Waals surface area contributed by atoms with Crippen LogP contribution >= 0.6 is 11.8 Å². The quantitative estimate of drug-likeness (QED) is 0.361. The molecule has 176 valence electrons. The highest BCUT2D eigenvalue weighted by molar-refractivity contribution is 7.99. The molecular weight excluding hydrogens is 462 g/mol. The minimum absolute atomic E-state index is 0.0460. The van der Waals surface area contributed by atoms with Crippen molar-refractivity contribution < 1.29 is 19.4 Å². The molecule has 0 unspecified atom stereocenters. The van der Waals surface area contributed by atoms with Crippen molar-refractivity contribution in [2.45, 2.75) is 23.3 Å². The number of aromatic nitrogens is 2. The summed E-state index contributed by atoms with van der Waals surface area (Å²) in [6.07, 6.45) is 0. The van der Waals surface area contributed by atoms with Gasteiger partial charge in [-0.25, -0.2) is 0 Å². The van der Waals surface area contributed by atoms with Crippen molar-refractivity contribution in [2.75, 3.05) is 13.2 Å². The molecule has 0 fully saturated rings. The first kappa shape index (κ1) is 21.6. The van der Waals surface area contributed by atoms with E-state index in [9.17, 15) is 9.90 Å². The number of benzene rings is 3. The number of rotatable bonds is 2. The van der Waals surface area contributed by atoms with Gasteiger partial charge in [0.25, 0.3) is 5.91 Å². The van der Waals surface area contributed by atoms with Crippen LogP contribution in [0.5, 0.6) is 23.0 Å². The van der Waals surface area contributed by atoms with Gasteiger partial charge < -0.3 is 19.5 Å². The molecule has 0 saturated heterocycles. The second kappa shape index (κ2) is 8.39. The first-order valence-corrected chi connectivity index (χ1v) is 12.2. The van der Waals surface area contributed by atoms with Crippen LogP contribution in [0.15, 0.2) is 70.5 Å². The fourth-order valence-corrected chi connectivity index (χ4v) is 5.56. The lowest BCUT2D eigenvalue weighted by Gasteiger charge is -2.23. The number of nitrogens with zero attached hydrogens (tertiary/aromatic N) is 3. The third kappa shape index (κ3) is 3.80. The molecule has 0 aliphatic carbocycles. The highest BCUT2D eigenvalue weighted by atomic mass is 32.2. The molecule has 0 radical (unpaired) electrons. The van der Waals surface area contributed by atoms with Crippen LogP contribution < -0.4 is 9.47 Å². The smallest absolute Gasteiger partial charge is 0.272 e. The van der Waals surface area contributed by atoms with Crippen molar-refractivity contribution in [3.8, 4) is 34.1 Å². The summed E-state index contributed by atoms with van der Waals surface area (Å²) in [4.78, 5) is 17.1. The topological polar surface area (TPSA) is 76.8 Å². The number of carbonyl (C=O) groups is 1. The Morgan fingerprint density at radius 2 is 1.89 bits per heavy atom. The zero-order valence-corrected chi connectivity index (χ0v) is 20.1. The van der Waals surface area contributed by atoms with Crippen LogP contribution in [0.4, 0.5) is 0 Å². The largest absolute Gasteiger partial charge is 0.504 e. The van der Waals surface area contributed by atoms with Gasteiger partial charge in [-0.1, -0.05) is 36.0 Å². The maximum Gasteiger partial charge on any atom is 0.272 e. The first-order valence-electron chi connectivity index (χ1n) is 11.3. The fraction of sp³-hybridized carbons (Fsp3) is 0.185. The molecule has 2 aliphatic heterocycles. The molecule has 1 amide bonds. The van der Waals surface area contributed by atoms with Crippen LogP contribution in [-0.2, 0) is 13.6 Å². The monoisotopic (exact) mass is 485 g/mol. The van der Waals surface area contributed by atoms with Gasteiger partial charge in [0.15, 0.2) is 11.5 Å². The standard InChI is InChI=1S/C27H23N3O4S/c1-16-12-20(29(2)28-16)27(32)30-10-11-33-25-18(15-30)13-17(14-21(25)31)19-6-5-9-24-26(19)34-22-7-3-4-8-23(22)35-24/h3-9,12-14,31H,10-11,15H2,1-2H3. The SMILES string of the molecule is Cc1cc(C(=O)N2CCOc3c(O)cc(-c4cccc5c4Oc4ccccc4S5)cc3C2)n(C)n1. The molecule has 6 rings (SSSR count). The normalized spacial score (nSPS) is 14.2. The molecular formula is C27H23N3O4S. The van der Waals surface area contributed by atoms with E-state index < -0.39 is 0 Å². The summed E-state index contributed by atoms with van der Waals surface area (Å²) < 4.78 is 13.8. The van der Waals surface area contributed by atoms with Gasteiger partial charge in [0.1, 0.15) is 23.8 Å². The zero-order valence-electron chi connectivity index (χ0n) is 19.3. The summed E-state index contributed by atoms with van der Waals surface area (Å²) >= 11 is 1.66. The number of ether oxygens (including phenoxy) is 2. The van der Waals surface area contributed by atoms with Crippen molar-refractivity contribution in [3.05, 3.63) is 77.6 Å². The molecule has 8 heteroatoms. The van der Waals surface area contributed by atoms with E-state index in [4.69, 9.17) is 9.47 Å². The van der Waals surface area contributed by atoms with E-state index in [2.05, 4.69) is 5.10 Å². The Bertz CT molecular complexity index is 1480. The zero-order chi connectivity index (χ0) is 24.1. The molecule has 3 aromatic carbocycles. The van der Waals surface area contributed by atoms with E-state index in [1.54, 1.807) is 40.5 Å². The van der Waals surface area contributed by atoms with Crippen LogP contribution in [0.25, 0.3) is 11.1 Å². The number of phenols is 1. The Labute approximate surface area is 206 Å². The van der Waals surface area contributed by atoms with Crippen molar-refractivity contribution in [1.29, 1.82) is 0 Å². The van der Waals surface area contributed by atoms with Crippen LogP contribution in [-0.4, -0.2) is 38.8 Å². The lowest BCUT2D eigenvalue weighted by Crippen LogP contribution is -2.33. The molecule has 4 aromatic rings. The molecule has 1 aromatic heterocycles. The average Bonchev–Trinajstić information content (AvgIpc) is 3.05. The van der Waals surface area contributed by atoms with E-state index >= 15 is 0 Å². The number of hydrogen-bond acceptors (Lipinski definition) is 6. The van der Waals surface area contributed by atoms with Crippen LogP contribution in [0.1, 0.15) is 21.7 Å². The Morgan fingerprint density at radius 3 is 2.71 bits per heavy atom. The minimum Gasteiger partial charge on any atom is -0.504 e. The van der Waals surface area contributed by atoms with Crippen molar-refractivity contribution in [1.82, 2.24) is 14.7 Å². The Hall–Kier alpha value is -3.91. The lowest BCUT2D eigenvalue weighted by atomic mass is 10.00. The summed E-state index contributed by atoms with van der Waals surface area (Å²) in [6.45, 7) is 2.87. The molecule has 0 saturated carbocycles. The van der Waals surface area contributed by atoms with E-state index in [1.165, 1.54) is 0 Å². The number of phenolic OH excluding ortho intramolecular Hbond substituents is 1. The summed E-state index contributed by atoms with van der Waals surface area (Å²) in [5.41, 5.74) is 3.72. The average molecular weight is 486 g/mol. The number of aryl methyl sites for hydroxylation is 2. The Balaban J connectivity index is 1.38. The van der Waals surface area contributed by atoms with Crippen LogP contribution in [0.3, 0.4) is 0 Å². The lowest BCUT2D eigenvalue weighted by molar-refractivity contribution is 0.0722. The third-order valence-electron chi connectivity index (χ3n) is 6.19. The van der Waals surface area contributed by atoms with Gasteiger partial charge in [0.05, 0.1) is 22.0 Å².